The van der Waals surface area contributed by atoms with Crippen molar-refractivity contribution >= 4 is 17.5 Å². The molecule has 6 heteroatoms. The number of rotatable bonds is 5. The highest BCUT2D eigenvalue weighted by Gasteiger charge is 2.12. The Hall–Kier alpha value is -2.76. The number of carbonyl (C=O) groups excluding carboxylic acids is 2. The molecule has 4 nitrogen and oxygen atoms in total. The second-order valence-electron chi connectivity index (χ2n) is 5.60. The number of para-hydroxylation sites is 1. The molecule has 24 heavy (non-hydrogen) atoms. The van der Waals surface area contributed by atoms with Gasteiger partial charge in [-0.1, -0.05) is 32.0 Å². The van der Waals surface area contributed by atoms with Crippen molar-refractivity contribution in [3.05, 3.63) is 65.2 Å². The molecule has 0 spiro atoms. The van der Waals surface area contributed by atoms with E-state index in [1.807, 2.05) is 26.0 Å². The number of benzene rings is 2. The van der Waals surface area contributed by atoms with Crippen molar-refractivity contribution in [2.75, 3.05) is 11.9 Å². The van der Waals surface area contributed by atoms with Crippen LogP contribution in [-0.4, -0.2) is 18.4 Å². The number of carbonyl (C=O) groups is 2. The normalized spacial score (nSPS) is 10.5. The zero-order chi connectivity index (χ0) is 17.7. The number of halogens is 2. The van der Waals surface area contributed by atoms with E-state index >= 15 is 0 Å². The summed E-state index contributed by atoms with van der Waals surface area (Å²) in [4.78, 5) is 23.8. The van der Waals surface area contributed by atoms with E-state index in [9.17, 15) is 18.4 Å². The summed E-state index contributed by atoms with van der Waals surface area (Å²) in [5, 5.41) is 5.11. The van der Waals surface area contributed by atoms with E-state index in [2.05, 4.69) is 10.6 Å². The monoisotopic (exact) mass is 332 g/mol. The molecule has 0 saturated carbocycles. The molecule has 2 rings (SSSR count). The minimum absolute atomic E-state index is 0.0516. The lowest BCUT2D eigenvalue weighted by atomic mass is 10.0. The number of hydrogen-bond acceptors (Lipinski definition) is 2. The number of amides is 2. The van der Waals surface area contributed by atoms with Crippen LogP contribution < -0.4 is 10.6 Å². The van der Waals surface area contributed by atoms with Crippen molar-refractivity contribution in [3.63, 3.8) is 0 Å². The molecule has 0 aliphatic carbocycles. The molecule has 2 aromatic rings. The minimum atomic E-state index is -1.11. The predicted molar refractivity (Wildman–Crippen MR) is 87.9 cm³/mol. The van der Waals surface area contributed by atoms with Crippen LogP contribution in [0.5, 0.6) is 0 Å². The molecule has 0 radical (unpaired) electrons. The Morgan fingerprint density at radius 3 is 2.42 bits per heavy atom. The van der Waals surface area contributed by atoms with Crippen molar-refractivity contribution in [2.24, 2.45) is 0 Å². The third-order valence-corrected chi connectivity index (χ3v) is 3.45. The van der Waals surface area contributed by atoms with Gasteiger partial charge in [-0.3, -0.25) is 9.59 Å². The Kier molecular flexibility index (Phi) is 5.63. The summed E-state index contributed by atoms with van der Waals surface area (Å²) in [6.07, 6.45) is 0. The predicted octanol–water partition coefficient (Wildman–Crippen LogP) is 3.46. The van der Waals surface area contributed by atoms with Crippen molar-refractivity contribution in [3.8, 4) is 0 Å². The first kappa shape index (κ1) is 17.6. The molecule has 0 aromatic heterocycles. The summed E-state index contributed by atoms with van der Waals surface area (Å²) >= 11 is 0. The summed E-state index contributed by atoms with van der Waals surface area (Å²) in [6.45, 7) is 3.75. The van der Waals surface area contributed by atoms with Crippen LogP contribution in [0.25, 0.3) is 0 Å². The number of anilines is 1. The summed E-state index contributed by atoms with van der Waals surface area (Å²) in [5.74, 6) is -2.97. The third kappa shape index (κ3) is 4.38. The second kappa shape index (κ2) is 7.68. The lowest BCUT2D eigenvalue weighted by Gasteiger charge is -2.14. The highest BCUT2D eigenvalue weighted by molar-refractivity contribution is 5.99. The van der Waals surface area contributed by atoms with Crippen LogP contribution in [-0.2, 0) is 4.79 Å². The smallest absolute Gasteiger partial charge is 0.251 e. The maximum absolute atomic E-state index is 13.1. The van der Waals surface area contributed by atoms with E-state index < -0.39 is 23.4 Å². The summed E-state index contributed by atoms with van der Waals surface area (Å²) < 4.78 is 26.0. The van der Waals surface area contributed by atoms with Gasteiger partial charge in [0.25, 0.3) is 5.91 Å². The van der Waals surface area contributed by atoms with Gasteiger partial charge >= 0.3 is 0 Å². The Labute approximate surface area is 138 Å². The van der Waals surface area contributed by atoms with Crippen LogP contribution in [0, 0.1) is 11.6 Å². The van der Waals surface area contributed by atoms with Crippen LogP contribution in [0.2, 0.25) is 0 Å². The van der Waals surface area contributed by atoms with Crippen molar-refractivity contribution in [1.82, 2.24) is 5.32 Å². The molecular weight excluding hydrogens is 314 g/mol. The fourth-order valence-electron chi connectivity index (χ4n) is 2.21. The highest BCUT2D eigenvalue weighted by Crippen LogP contribution is 2.23. The Balaban J connectivity index is 1.96. The Morgan fingerprint density at radius 2 is 1.75 bits per heavy atom. The topological polar surface area (TPSA) is 58.2 Å². The standard InChI is InChI=1S/C18H18F2N2O2/c1-11(2)13-5-3-4-6-16(13)22-17(23)10-21-18(24)12-7-8-14(19)15(20)9-12/h3-9,11H,10H2,1-2H3,(H,21,24)(H,22,23). The SMILES string of the molecule is CC(C)c1ccccc1NC(=O)CNC(=O)c1ccc(F)c(F)c1. The van der Waals surface area contributed by atoms with Gasteiger partial charge in [-0.2, -0.15) is 0 Å². The quantitative estimate of drug-likeness (QED) is 0.881. The molecule has 0 unspecified atom stereocenters. The largest absolute Gasteiger partial charge is 0.343 e. The van der Waals surface area contributed by atoms with Gasteiger partial charge < -0.3 is 10.6 Å². The maximum atomic E-state index is 13.1. The van der Waals surface area contributed by atoms with E-state index in [1.165, 1.54) is 0 Å². The van der Waals surface area contributed by atoms with Crippen LogP contribution >= 0.6 is 0 Å². The first-order chi connectivity index (χ1) is 11.4. The zero-order valence-electron chi connectivity index (χ0n) is 13.4. The molecule has 2 N–H and O–H groups in total. The van der Waals surface area contributed by atoms with Gasteiger partial charge in [0.15, 0.2) is 11.6 Å². The molecule has 0 aliphatic heterocycles. The Morgan fingerprint density at radius 1 is 1.04 bits per heavy atom. The number of nitrogens with one attached hydrogen (secondary N) is 2. The summed E-state index contributed by atoms with van der Waals surface area (Å²) in [6, 6.07) is 10.2. The molecule has 0 atom stereocenters. The van der Waals surface area contributed by atoms with Gasteiger partial charge in [-0.25, -0.2) is 8.78 Å². The average Bonchev–Trinajstić information content (AvgIpc) is 2.55. The fourth-order valence-corrected chi connectivity index (χ4v) is 2.21. The van der Waals surface area contributed by atoms with Gasteiger partial charge in [0.2, 0.25) is 5.91 Å². The fraction of sp³-hybridized carbons (Fsp3) is 0.222. The van der Waals surface area contributed by atoms with Gasteiger partial charge in [0.05, 0.1) is 6.54 Å². The van der Waals surface area contributed by atoms with Gasteiger partial charge in [0, 0.05) is 11.3 Å². The molecule has 0 bridgehead atoms. The summed E-state index contributed by atoms with van der Waals surface area (Å²) in [7, 11) is 0. The molecular formula is C18H18F2N2O2. The first-order valence-electron chi connectivity index (χ1n) is 7.50. The van der Waals surface area contributed by atoms with E-state index in [0.29, 0.717) is 5.69 Å². The first-order valence-corrected chi connectivity index (χ1v) is 7.50. The summed E-state index contributed by atoms with van der Waals surface area (Å²) in [5.41, 5.74) is 1.61. The van der Waals surface area contributed by atoms with Gasteiger partial charge in [-0.15, -0.1) is 0 Å². The third-order valence-electron chi connectivity index (χ3n) is 3.45. The molecule has 0 saturated heterocycles. The van der Waals surface area contributed by atoms with Crippen LogP contribution in [0.4, 0.5) is 14.5 Å². The van der Waals surface area contributed by atoms with Crippen LogP contribution in [0.3, 0.4) is 0 Å². The molecule has 126 valence electrons. The van der Waals surface area contributed by atoms with E-state index in [4.69, 9.17) is 0 Å². The molecule has 2 aromatic carbocycles. The Bertz CT molecular complexity index is 760. The van der Waals surface area contributed by atoms with E-state index in [1.54, 1.807) is 12.1 Å². The van der Waals surface area contributed by atoms with Gasteiger partial charge in [0.1, 0.15) is 0 Å². The van der Waals surface area contributed by atoms with E-state index in [0.717, 1.165) is 23.8 Å². The van der Waals surface area contributed by atoms with Crippen molar-refractivity contribution < 1.29 is 18.4 Å². The lowest BCUT2D eigenvalue weighted by Crippen LogP contribution is -2.33. The minimum Gasteiger partial charge on any atom is -0.343 e. The second-order valence-corrected chi connectivity index (χ2v) is 5.60. The van der Waals surface area contributed by atoms with Crippen molar-refractivity contribution in [1.29, 1.82) is 0 Å². The van der Waals surface area contributed by atoms with Gasteiger partial charge in [-0.05, 0) is 35.7 Å². The van der Waals surface area contributed by atoms with E-state index in [-0.39, 0.29) is 18.0 Å². The van der Waals surface area contributed by atoms with Crippen molar-refractivity contribution in [2.45, 2.75) is 19.8 Å². The highest BCUT2D eigenvalue weighted by atomic mass is 19.2. The van der Waals surface area contributed by atoms with Crippen LogP contribution in [0.1, 0.15) is 35.7 Å². The molecule has 0 heterocycles. The lowest BCUT2D eigenvalue weighted by molar-refractivity contribution is -0.115. The molecule has 0 aliphatic rings. The molecule has 0 fully saturated rings. The number of hydrogen-bond donors (Lipinski definition) is 2. The van der Waals surface area contributed by atoms with Crippen LogP contribution in [0.15, 0.2) is 42.5 Å². The zero-order valence-corrected chi connectivity index (χ0v) is 13.4. The maximum Gasteiger partial charge on any atom is 0.251 e. The average molecular weight is 332 g/mol. The molecule has 2 amide bonds.